The third kappa shape index (κ3) is 3.23. The second-order valence-corrected chi connectivity index (χ2v) is 8.35. The van der Waals surface area contributed by atoms with Crippen molar-refractivity contribution in [2.75, 3.05) is 18.8 Å². The van der Waals surface area contributed by atoms with E-state index in [1.54, 1.807) is 17.9 Å². The average Bonchev–Trinajstić information content (AvgIpc) is 2.47. The lowest BCUT2D eigenvalue weighted by atomic mass is 10.1. The van der Waals surface area contributed by atoms with Crippen LogP contribution in [0.25, 0.3) is 0 Å². The summed E-state index contributed by atoms with van der Waals surface area (Å²) in [6.07, 6.45) is 1.07. The Morgan fingerprint density at radius 1 is 1.30 bits per heavy atom. The highest BCUT2D eigenvalue weighted by atomic mass is 79.9. The number of likely N-dealkylation sites (tertiary alicyclic amines) is 1. The van der Waals surface area contributed by atoms with Gasteiger partial charge in [0.05, 0.1) is 10.8 Å². The van der Waals surface area contributed by atoms with E-state index in [9.17, 15) is 13.2 Å². The first kappa shape index (κ1) is 15.5. The van der Waals surface area contributed by atoms with Crippen molar-refractivity contribution < 1.29 is 13.2 Å². The number of amides is 1. The van der Waals surface area contributed by atoms with Gasteiger partial charge in [-0.15, -0.1) is 0 Å². The average molecular weight is 360 g/mol. The van der Waals surface area contributed by atoms with Gasteiger partial charge >= 0.3 is 0 Å². The lowest BCUT2D eigenvalue weighted by Gasteiger charge is -2.31. The quantitative estimate of drug-likeness (QED) is 0.832. The Kier molecular flexibility index (Phi) is 4.86. The highest BCUT2D eigenvalue weighted by molar-refractivity contribution is 9.10. The van der Waals surface area contributed by atoms with Crippen LogP contribution in [0.4, 0.5) is 0 Å². The van der Waals surface area contributed by atoms with E-state index in [-0.39, 0.29) is 16.9 Å². The molecule has 6 heteroatoms. The number of hydrogen-bond acceptors (Lipinski definition) is 3. The first-order chi connectivity index (χ1) is 9.45. The van der Waals surface area contributed by atoms with E-state index in [1.165, 1.54) is 0 Å². The second-order valence-electron chi connectivity index (χ2n) is 4.92. The van der Waals surface area contributed by atoms with Gasteiger partial charge in [0.1, 0.15) is 0 Å². The summed E-state index contributed by atoms with van der Waals surface area (Å²) in [6, 6.07) is 7.30. The maximum atomic E-state index is 12.4. The van der Waals surface area contributed by atoms with Crippen molar-refractivity contribution >= 4 is 31.7 Å². The van der Waals surface area contributed by atoms with Crippen molar-refractivity contribution in [3.8, 4) is 0 Å². The van der Waals surface area contributed by atoms with Gasteiger partial charge in [-0.2, -0.15) is 0 Å². The Morgan fingerprint density at radius 3 is 2.45 bits per heavy atom. The van der Waals surface area contributed by atoms with Crippen molar-refractivity contribution in [1.29, 1.82) is 0 Å². The van der Waals surface area contributed by atoms with E-state index in [0.717, 1.165) is 4.47 Å². The summed E-state index contributed by atoms with van der Waals surface area (Å²) >= 11 is 3.37. The predicted molar refractivity (Wildman–Crippen MR) is 82.5 cm³/mol. The van der Waals surface area contributed by atoms with E-state index < -0.39 is 9.84 Å². The van der Waals surface area contributed by atoms with Crippen LogP contribution in [0.5, 0.6) is 0 Å². The minimum atomic E-state index is -2.99. The zero-order valence-corrected chi connectivity index (χ0v) is 13.8. The zero-order valence-electron chi connectivity index (χ0n) is 11.4. The molecule has 0 radical (unpaired) electrons. The van der Waals surface area contributed by atoms with Crippen LogP contribution in [0.2, 0.25) is 0 Å². The zero-order chi connectivity index (χ0) is 14.8. The molecule has 1 saturated heterocycles. The van der Waals surface area contributed by atoms with E-state index in [1.807, 2.05) is 18.2 Å². The van der Waals surface area contributed by atoms with Gasteiger partial charge in [-0.1, -0.05) is 19.1 Å². The smallest absolute Gasteiger partial charge is 0.254 e. The number of halogens is 1. The molecule has 0 spiro atoms. The Balaban J connectivity index is 2.05. The summed E-state index contributed by atoms with van der Waals surface area (Å²) in [6.45, 7) is 2.68. The van der Waals surface area contributed by atoms with Gasteiger partial charge in [0, 0.05) is 23.3 Å². The number of hydrogen-bond donors (Lipinski definition) is 0. The molecule has 110 valence electrons. The summed E-state index contributed by atoms with van der Waals surface area (Å²) < 4.78 is 24.5. The fourth-order valence-corrected chi connectivity index (χ4v) is 4.31. The largest absolute Gasteiger partial charge is 0.339 e. The molecule has 0 bridgehead atoms. The van der Waals surface area contributed by atoms with Crippen LogP contribution >= 0.6 is 15.9 Å². The van der Waals surface area contributed by atoms with Crippen LogP contribution < -0.4 is 0 Å². The number of benzene rings is 1. The topological polar surface area (TPSA) is 54.5 Å². The number of carbonyl (C=O) groups excluding carboxylic acids is 1. The second kappa shape index (κ2) is 6.26. The fourth-order valence-electron chi connectivity index (χ4n) is 2.46. The predicted octanol–water partition coefficient (Wildman–Crippen LogP) is 2.49. The SMILES string of the molecule is CCS(=O)(=O)C1CCN(C(=O)c2ccccc2Br)CC1. The molecule has 0 saturated carbocycles. The number of carbonyl (C=O) groups is 1. The molecule has 0 aromatic heterocycles. The molecule has 0 N–H and O–H groups in total. The van der Waals surface area contributed by atoms with Crippen LogP contribution in [0, 0.1) is 0 Å². The van der Waals surface area contributed by atoms with E-state index in [4.69, 9.17) is 0 Å². The van der Waals surface area contributed by atoms with Gasteiger partial charge in [-0.3, -0.25) is 4.79 Å². The maximum Gasteiger partial charge on any atom is 0.254 e. The Bertz CT molecular complexity index is 592. The van der Waals surface area contributed by atoms with E-state index in [2.05, 4.69) is 15.9 Å². The highest BCUT2D eigenvalue weighted by Gasteiger charge is 2.30. The molecule has 1 aromatic rings. The third-order valence-electron chi connectivity index (χ3n) is 3.74. The summed E-state index contributed by atoms with van der Waals surface area (Å²) in [5.74, 6) is 0.139. The minimum Gasteiger partial charge on any atom is -0.339 e. The highest BCUT2D eigenvalue weighted by Crippen LogP contribution is 2.23. The molecule has 2 rings (SSSR count). The molecule has 4 nitrogen and oxygen atoms in total. The first-order valence-electron chi connectivity index (χ1n) is 6.71. The summed E-state index contributed by atoms with van der Waals surface area (Å²) in [5, 5.41) is -0.296. The van der Waals surface area contributed by atoms with Crippen molar-refractivity contribution in [1.82, 2.24) is 4.90 Å². The van der Waals surface area contributed by atoms with Gasteiger partial charge in [-0.05, 0) is 40.9 Å². The van der Waals surface area contributed by atoms with Crippen molar-refractivity contribution in [3.05, 3.63) is 34.3 Å². The molecule has 20 heavy (non-hydrogen) atoms. The normalized spacial score (nSPS) is 17.2. The first-order valence-corrected chi connectivity index (χ1v) is 9.22. The monoisotopic (exact) mass is 359 g/mol. The Hall–Kier alpha value is -0.880. The molecule has 0 unspecified atom stereocenters. The number of rotatable bonds is 3. The molecule has 1 fully saturated rings. The van der Waals surface area contributed by atoms with Crippen molar-refractivity contribution in [3.63, 3.8) is 0 Å². The van der Waals surface area contributed by atoms with Gasteiger partial charge in [0.25, 0.3) is 5.91 Å². The molecule has 0 aliphatic carbocycles. The van der Waals surface area contributed by atoms with Crippen LogP contribution in [0.3, 0.4) is 0 Å². The lowest BCUT2D eigenvalue weighted by molar-refractivity contribution is 0.0725. The van der Waals surface area contributed by atoms with Gasteiger partial charge in [0.2, 0.25) is 0 Å². The van der Waals surface area contributed by atoms with Crippen LogP contribution in [0.1, 0.15) is 30.1 Å². The van der Waals surface area contributed by atoms with Crippen LogP contribution in [-0.2, 0) is 9.84 Å². The van der Waals surface area contributed by atoms with Crippen molar-refractivity contribution in [2.24, 2.45) is 0 Å². The third-order valence-corrected chi connectivity index (χ3v) is 6.73. The fraction of sp³-hybridized carbons (Fsp3) is 0.500. The van der Waals surface area contributed by atoms with Crippen molar-refractivity contribution in [2.45, 2.75) is 25.0 Å². The maximum absolute atomic E-state index is 12.4. The van der Waals surface area contributed by atoms with E-state index >= 15 is 0 Å². The van der Waals surface area contributed by atoms with Crippen LogP contribution in [-0.4, -0.2) is 43.3 Å². The Labute approximate surface area is 128 Å². The molecule has 1 aliphatic rings. The number of nitrogens with zero attached hydrogens (tertiary/aromatic N) is 1. The molecule has 0 atom stereocenters. The standard InChI is InChI=1S/C14H18BrNO3S/c1-2-20(18,19)11-7-9-16(10-8-11)14(17)12-5-3-4-6-13(12)15/h3-6,11H,2,7-10H2,1H3. The van der Waals surface area contributed by atoms with Gasteiger partial charge in [0.15, 0.2) is 9.84 Å². The molecular formula is C14H18BrNO3S. The molecule has 1 amide bonds. The number of piperidine rings is 1. The summed E-state index contributed by atoms with van der Waals surface area (Å²) in [5.41, 5.74) is 0.629. The molecular weight excluding hydrogens is 342 g/mol. The molecule has 1 aromatic carbocycles. The summed E-state index contributed by atoms with van der Waals surface area (Å²) in [4.78, 5) is 14.1. The summed E-state index contributed by atoms with van der Waals surface area (Å²) in [7, 11) is -2.99. The Morgan fingerprint density at radius 2 is 1.90 bits per heavy atom. The number of sulfone groups is 1. The van der Waals surface area contributed by atoms with Crippen LogP contribution in [0.15, 0.2) is 28.7 Å². The van der Waals surface area contributed by atoms with Gasteiger partial charge in [-0.25, -0.2) is 8.42 Å². The molecule has 1 heterocycles. The van der Waals surface area contributed by atoms with Gasteiger partial charge < -0.3 is 4.90 Å². The lowest BCUT2D eigenvalue weighted by Crippen LogP contribution is -2.42. The van der Waals surface area contributed by atoms with E-state index in [0.29, 0.717) is 31.5 Å². The molecule has 1 aliphatic heterocycles. The minimum absolute atomic E-state index is 0.0372.